The van der Waals surface area contributed by atoms with E-state index in [0.717, 1.165) is 6.54 Å². The number of nitrogens with zero attached hydrogens (tertiary/aromatic N) is 2. The molecule has 2 rings (SSSR count). The number of rotatable bonds is 6. The first-order valence-electron chi connectivity index (χ1n) is 7.69. The van der Waals surface area contributed by atoms with Gasteiger partial charge >= 0.3 is 0 Å². The molecule has 5 heteroatoms. The molecule has 0 saturated heterocycles. The molecule has 1 N–H and O–H groups in total. The van der Waals surface area contributed by atoms with E-state index < -0.39 is 0 Å². The van der Waals surface area contributed by atoms with E-state index in [4.69, 9.17) is 0 Å². The second kappa shape index (κ2) is 7.20. The topological polar surface area (TPSA) is 66.1 Å². The van der Waals surface area contributed by atoms with E-state index in [1.807, 2.05) is 25.2 Å². The molecule has 0 atom stereocenters. The number of aromatic nitrogens is 2. The van der Waals surface area contributed by atoms with Crippen LogP contribution in [0.2, 0.25) is 0 Å². The molecule has 1 aromatic heterocycles. The summed E-state index contributed by atoms with van der Waals surface area (Å²) in [7, 11) is 1.83. The summed E-state index contributed by atoms with van der Waals surface area (Å²) >= 11 is 0. The smallest absolute Gasteiger partial charge is 0.258 e. The zero-order chi connectivity index (χ0) is 16.1. The average molecular weight is 301 g/mol. The van der Waals surface area contributed by atoms with Gasteiger partial charge in [-0.1, -0.05) is 26.0 Å². The van der Waals surface area contributed by atoms with Crippen LogP contribution in [-0.2, 0) is 11.2 Å². The van der Waals surface area contributed by atoms with Gasteiger partial charge in [0.1, 0.15) is 5.82 Å². The number of hydrogen-bond acceptors (Lipinski definition) is 3. The number of aromatic amines is 1. The normalized spacial score (nSPS) is 11.1. The van der Waals surface area contributed by atoms with Gasteiger partial charge in [0.2, 0.25) is 5.91 Å². The molecule has 0 bridgehead atoms. The first-order valence-corrected chi connectivity index (χ1v) is 7.69. The maximum Gasteiger partial charge on any atom is 0.258 e. The summed E-state index contributed by atoms with van der Waals surface area (Å²) in [5.74, 6) is 1.24. The first kappa shape index (κ1) is 16.2. The van der Waals surface area contributed by atoms with Gasteiger partial charge < -0.3 is 9.88 Å². The molecule has 0 aliphatic heterocycles. The fraction of sp³-hybridized carbons (Fsp3) is 0.471. The van der Waals surface area contributed by atoms with Gasteiger partial charge in [0.05, 0.1) is 10.9 Å². The van der Waals surface area contributed by atoms with Crippen LogP contribution < -0.4 is 5.56 Å². The van der Waals surface area contributed by atoms with Gasteiger partial charge in [-0.15, -0.1) is 0 Å². The van der Waals surface area contributed by atoms with E-state index in [-0.39, 0.29) is 11.5 Å². The first-order chi connectivity index (χ1) is 10.5. The number of amides is 1. The highest BCUT2D eigenvalue weighted by Crippen LogP contribution is 2.08. The Morgan fingerprint density at radius 2 is 2.05 bits per heavy atom. The van der Waals surface area contributed by atoms with Gasteiger partial charge in [0, 0.05) is 26.4 Å². The second-order valence-corrected chi connectivity index (χ2v) is 6.05. The standard InChI is InChI=1S/C17H23N3O2/c1-12(2)11-20(3)16(21)10-6-9-15-18-14-8-5-4-7-13(14)17(22)19-15/h4-5,7-8,12H,6,9-11H2,1-3H3,(H,18,19,22). The molecule has 1 heterocycles. The van der Waals surface area contributed by atoms with Crippen molar-refractivity contribution in [2.24, 2.45) is 5.92 Å². The quantitative estimate of drug-likeness (QED) is 0.890. The summed E-state index contributed by atoms with van der Waals surface area (Å²) in [6, 6.07) is 7.27. The maximum atomic E-state index is 12.0. The minimum atomic E-state index is -0.121. The van der Waals surface area contributed by atoms with E-state index in [0.29, 0.717) is 41.9 Å². The third-order valence-electron chi connectivity index (χ3n) is 3.53. The van der Waals surface area contributed by atoms with Crippen molar-refractivity contribution in [3.05, 3.63) is 40.4 Å². The molecule has 118 valence electrons. The minimum Gasteiger partial charge on any atom is -0.346 e. The van der Waals surface area contributed by atoms with E-state index in [9.17, 15) is 9.59 Å². The molecule has 0 unspecified atom stereocenters. The van der Waals surface area contributed by atoms with Crippen molar-refractivity contribution in [1.82, 2.24) is 14.9 Å². The van der Waals surface area contributed by atoms with Crippen LogP contribution in [0, 0.1) is 5.92 Å². The molecule has 0 aliphatic carbocycles. The monoisotopic (exact) mass is 301 g/mol. The van der Waals surface area contributed by atoms with Crippen LogP contribution >= 0.6 is 0 Å². The summed E-state index contributed by atoms with van der Waals surface area (Å²) in [6.45, 7) is 4.95. The predicted molar refractivity (Wildman–Crippen MR) is 87.8 cm³/mol. The Hall–Kier alpha value is -2.17. The second-order valence-electron chi connectivity index (χ2n) is 6.05. The molecule has 1 aromatic carbocycles. The molecule has 0 saturated carbocycles. The van der Waals surface area contributed by atoms with Gasteiger partial charge in [-0.05, 0) is 24.5 Å². The molecular weight excluding hydrogens is 278 g/mol. The van der Waals surface area contributed by atoms with Gasteiger partial charge in [-0.2, -0.15) is 0 Å². The Morgan fingerprint density at radius 1 is 1.32 bits per heavy atom. The summed E-state index contributed by atoms with van der Waals surface area (Å²) in [5.41, 5.74) is 0.577. The Labute approximate surface area is 130 Å². The van der Waals surface area contributed by atoms with E-state index in [2.05, 4.69) is 23.8 Å². The van der Waals surface area contributed by atoms with Gasteiger partial charge in [0.15, 0.2) is 0 Å². The van der Waals surface area contributed by atoms with E-state index in [1.54, 1.807) is 11.0 Å². The zero-order valence-electron chi connectivity index (χ0n) is 13.4. The van der Waals surface area contributed by atoms with Crippen molar-refractivity contribution in [2.75, 3.05) is 13.6 Å². The van der Waals surface area contributed by atoms with Crippen LogP contribution in [0.15, 0.2) is 29.1 Å². The van der Waals surface area contributed by atoms with Crippen molar-refractivity contribution in [3.63, 3.8) is 0 Å². The Morgan fingerprint density at radius 3 is 2.77 bits per heavy atom. The molecular formula is C17H23N3O2. The molecule has 0 spiro atoms. The average Bonchev–Trinajstić information content (AvgIpc) is 2.46. The highest BCUT2D eigenvalue weighted by molar-refractivity contribution is 5.77. The maximum absolute atomic E-state index is 12.0. The highest BCUT2D eigenvalue weighted by atomic mass is 16.2. The van der Waals surface area contributed by atoms with Crippen LogP contribution in [0.1, 0.15) is 32.5 Å². The Balaban J connectivity index is 1.95. The number of nitrogens with one attached hydrogen (secondary N) is 1. The Bertz CT molecular complexity index is 706. The third-order valence-corrected chi connectivity index (χ3v) is 3.53. The molecule has 22 heavy (non-hydrogen) atoms. The van der Waals surface area contributed by atoms with E-state index in [1.165, 1.54) is 0 Å². The van der Waals surface area contributed by atoms with Crippen LogP contribution in [-0.4, -0.2) is 34.4 Å². The molecule has 0 aliphatic rings. The van der Waals surface area contributed by atoms with Crippen LogP contribution in [0.3, 0.4) is 0 Å². The van der Waals surface area contributed by atoms with E-state index >= 15 is 0 Å². The lowest BCUT2D eigenvalue weighted by Gasteiger charge is -2.19. The SMILES string of the molecule is CC(C)CN(C)C(=O)CCCc1nc2ccccc2c(=O)[nH]1. The number of benzene rings is 1. The van der Waals surface area contributed by atoms with Gasteiger partial charge in [-0.3, -0.25) is 9.59 Å². The molecule has 1 amide bonds. The fourth-order valence-electron chi connectivity index (χ4n) is 2.50. The number of fused-ring (bicyclic) bond motifs is 1. The number of H-pyrrole nitrogens is 1. The summed E-state index contributed by atoms with van der Waals surface area (Å²) in [4.78, 5) is 32.9. The lowest BCUT2D eigenvalue weighted by atomic mass is 10.1. The summed E-state index contributed by atoms with van der Waals surface area (Å²) in [5, 5.41) is 0.596. The summed E-state index contributed by atoms with van der Waals surface area (Å²) < 4.78 is 0. The fourth-order valence-corrected chi connectivity index (χ4v) is 2.50. The van der Waals surface area contributed by atoms with Gasteiger partial charge in [0.25, 0.3) is 5.56 Å². The predicted octanol–water partition coefficient (Wildman–Crippen LogP) is 2.36. The van der Waals surface area contributed by atoms with Crippen molar-refractivity contribution >= 4 is 16.8 Å². The number of hydrogen-bond donors (Lipinski definition) is 1. The molecule has 2 aromatic rings. The van der Waals surface area contributed by atoms with Crippen LogP contribution in [0.5, 0.6) is 0 Å². The molecule has 0 fully saturated rings. The van der Waals surface area contributed by atoms with Gasteiger partial charge in [-0.25, -0.2) is 4.98 Å². The Kier molecular flexibility index (Phi) is 5.31. The lowest BCUT2D eigenvalue weighted by Crippen LogP contribution is -2.30. The summed E-state index contributed by atoms with van der Waals surface area (Å²) in [6.07, 6.45) is 1.75. The van der Waals surface area contributed by atoms with Crippen molar-refractivity contribution in [2.45, 2.75) is 33.1 Å². The largest absolute Gasteiger partial charge is 0.346 e. The zero-order valence-corrected chi connectivity index (χ0v) is 13.4. The number of carbonyl (C=O) groups is 1. The van der Waals surface area contributed by atoms with Crippen LogP contribution in [0.4, 0.5) is 0 Å². The number of carbonyl (C=O) groups excluding carboxylic acids is 1. The van der Waals surface area contributed by atoms with Crippen LogP contribution in [0.25, 0.3) is 10.9 Å². The third kappa shape index (κ3) is 4.16. The lowest BCUT2D eigenvalue weighted by molar-refractivity contribution is -0.130. The number of para-hydroxylation sites is 1. The molecule has 0 radical (unpaired) electrons. The molecule has 5 nitrogen and oxygen atoms in total. The highest BCUT2D eigenvalue weighted by Gasteiger charge is 2.10. The van der Waals surface area contributed by atoms with Crippen molar-refractivity contribution in [3.8, 4) is 0 Å². The van der Waals surface area contributed by atoms with Crippen molar-refractivity contribution in [1.29, 1.82) is 0 Å². The van der Waals surface area contributed by atoms with Crippen molar-refractivity contribution < 1.29 is 4.79 Å². The number of aryl methyl sites for hydroxylation is 1. The minimum absolute atomic E-state index is 0.121.